The van der Waals surface area contributed by atoms with Gasteiger partial charge in [0.05, 0.1) is 12.8 Å². The summed E-state index contributed by atoms with van der Waals surface area (Å²) in [5.74, 6) is 2.06. The van der Waals surface area contributed by atoms with E-state index in [1.807, 2.05) is 43.3 Å². The predicted molar refractivity (Wildman–Crippen MR) is 78.0 cm³/mol. The molecule has 2 N–H and O–H groups in total. The Labute approximate surface area is 114 Å². The lowest BCUT2D eigenvalue weighted by atomic mass is 10.1. The lowest BCUT2D eigenvalue weighted by molar-refractivity contribution is 0.379. The first-order valence-electron chi connectivity index (χ1n) is 6.35. The number of anilines is 1. The minimum Gasteiger partial charge on any atom is -0.493 e. The normalized spacial score (nSPS) is 10.3. The Morgan fingerprint density at radius 1 is 1.05 bits per heavy atom. The van der Waals surface area contributed by atoms with Crippen LogP contribution in [0.2, 0.25) is 0 Å². The van der Waals surface area contributed by atoms with Crippen LogP contribution in [-0.2, 0) is 6.42 Å². The van der Waals surface area contributed by atoms with E-state index in [2.05, 4.69) is 6.92 Å². The Morgan fingerprint density at radius 3 is 2.53 bits per heavy atom. The average molecular weight is 257 g/mol. The van der Waals surface area contributed by atoms with Crippen LogP contribution in [0, 0.1) is 6.92 Å². The van der Waals surface area contributed by atoms with E-state index >= 15 is 0 Å². The molecule has 2 aromatic carbocycles. The molecule has 0 saturated carbocycles. The maximum absolute atomic E-state index is 6.01. The number of nitrogens with two attached hydrogens (primary N) is 1. The van der Waals surface area contributed by atoms with Gasteiger partial charge in [0.1, 0.15) is 0 Å². The van der Waals surface area contributed by atoms with Crippen molar-refractivity contribution in [2.75, 3.05) is 12.8 Å². The minimum absolute atomic E-state index is 0.655. The molecular formula is C16H19NO2. The highest BCUT2D eigenvalue weighted by atomic mass is 16.5. The zero-order valence-electron chi connectivity index (χ0n) is 11.6. The summed E-state index contributed by atoms with van der Waals surface area (Å²) in [4.78, 5) is 0. The summed E-state index contributed by atoms with van der Waals surface area (Å²) >= 11 is 0. The number of rotatable bonds is 4. The molecule has 0 radical (unpaired) electrons. The number of methoxy groups -OCH3 is 1. The molecule has 0 aliphatic rings. The van der Waals surface area contributed by atoms with Crippen molar-refractivity contribution in [3.8, 4) is 17.2 Å². The molecule has 3 nitrogen and oxygen atoms in total. The highest BCUT2D eigenvalue weighted by Gasteiger charge is 2.09. The van der Waals surface area contributed by atoms with Gasteiger partial charge in [-0.05, 0) is 42.7 Å². The van der Waals surface area contributed by atoms with Crippen LogP contribution in [-0.4, -0.2) is 7.11 Å². The molecule has 0 saturated heterocycles. The Kier molecular flexibility index (Phi) is 3.95. The summed E-state index contributed by atoms with van der Waals surface area (Å²) in [5, 5.41) is 0. The minimum atomic E-state index is 0.655. The number of benzene rings is 2. The molecule has 0 spiro atoms. The van der Waals surface area contributed by atoms with Crippen molar-refractivity contribution >= 4 is 5.69 Å². The summed E-state index contributed by atoms with van der Waals surface area (Å²) in [5.41, 5.74) is 8.88. The largest absolute Gasteiger partial charge is 0.493 e. The third-order valence-corrected chi connectivity index (χ3v) is 3.14. The maximum Gasteiger partial charge on any atom is 0.169 e. The zero-order valence-corrected chi connectivity index (χ0v) is 11.6. The van der Waals surface area contributed by atoms with Crippen LogP contribution in [0.15, 0.2) is 36.4 Å². The van der Waals surface area contributed by atoms with E-state index < -0.39 is 0 Å². The molecule has 0 fully saturated rings. The fourth-order valence-corrected chi connectivity index (χ4v) is 1.88. The first kappa shape index (κ1) is 13.3. The van der Waals surface area contributed by atoms with Crippen molar-refractivity contribution in [1.29, 1.82) is 0 Å². The topological polar surface area (TPSA) is 44.5 Å². The van der Waals surface area contributed by atoms with Crippen LogP contribution in [0.25, 0.3) is 0 Å². The highest BCUT2D eigenvalue weighted by molar-refractivity contribution is 5.60. The number of ether oxygens (including phenoxy) is 2. The molecule has 0 heterocycles. The number of para-hydroxylation sites is 1. The van der Waals surface area contributed by atoms with Gasteiger partial charge in [-0.25, -0.2) is 0 Å². The molecule has 0 aliphatic heterocycles. The van der Waals surface area contributed by atoms with Crippen LogP contribution in [0.5, 0.6) is 17.2 Å². The van der Waals surface area contributed by atoms with Crippen molar-refractivity contribution in [3.63, 3.8) is 0 Å². The highest BCUT2D eigenvalue weighted by Crippen LogP contribution is 2.35. The van der Waals surface area contributed by atoms with E-state index in [0.29, 0.717) is 17.2 Å². The smallest absolute Gasteiger partial charge is 0.169 e. The van der Waals surface area contributed by atoms with Crippen LogP contribution in [0.3, 0.4) is 0 Å². The second-order valence-electron chi connectivity index (χ2n) is 4.43. The molecule has 100 valence electrons. The molecule has 0 aliphatic carbocycles. The van der Waals surface area contributed by atoms with E-state index in [1.54, 1.807) is 7.11 Å². The lowest BCUT2D eigenvalue weighted by Gasteiger charge is -2.13. The zero-order chi connectivity index (χ0) is 13.8. The van der Waals surface area contributed by atoms with Crippen LogP contribution >= 0.6 is 0 Å². The molecule has 0 unspecified atom stereocenters. The molecule has 2 aromatic rings. The van der Waals surface area contributed by atoms with Gasteiger partial charge in [0.25, 0.3) is 0 Å². The van der Waals surface area contributed by atoms with Crippen LogP contribution in [0.4, 0.5) is 5.69 Å². The van der Waals surface area contributed by atoms with Gasteiger partial charge < -0.3 is 15.2 Å². The van der Waals surface area contributed by atoms with Gasteiger partial charge in [0, 0.05) is 0 Å². The summed E-state index contributed by atoms with van der Waals surface area (Å²) in [7, 11) is 1.64. The fourth-order valence-electron chi connectivity index (χ4n) is 1.88. The van der Waals surface area contributed by atoms with Gasteiger partial charge in [0.15, 0.2) is 17.2 Å². The third-order valence-electron chi connectivity index (χ3n) is 3.14. The summed E-state index contributed by atoms with van der Waals surface area (Å²) in [6.45, 7) is 4.06. The molecule has 0 bridgehead atoms. The Hall–Kier alpha value is -2.16. The van der Waals surface area contributed by atoms with E-state index in [1.165, 1.54) is 5.56 Å². The number of hydrogen-bond donors (Lipinski definition) is 1. The van der Waals surface area contributed by atoms with Crippen LogP contribution < -0.4 is 15.2 Å². The fraction of sp³-hybridized carbons (Fsp3) is 0.250. The quantitative estimate of drug-likeness (QED) is 0.844. The number of aryl methyl sites for hydroxylation is 2. The summed E-state index contributed by atoms with van der Waals surface area (Å²) in [6, 6.07) is 11.7. The van der Waals surface area contributed by atoms with Crippen molar-refractivity contribution in [2.24, 2.45) is 0 Å². The second-order valence-corrected chi connectivity index (χ2v) is 4.43. The van der Waals surface area contributed by atoms with E-state index in [0.717, 1.165) is 17.7 Å². The van der Waals surface area contributed by atoms with E-state index in [4.69, 9.17) is 15.2 Å². The van der Waals surface area contributed by atoms with Gasteiger partial charge in [-0.2, -0.15) is 0 Å². The van der Waals surface area contributed by atoms with Crippen molar-refractivity contribution < 1.29 is 9.47 Å². The van der Waals surface area contributed by atoms with E-state index in [9.17, 15) is 0 Å². The van der Waals surface area contributed by atoms with Crippen molar-refractivity contribution in [3.05, 3.63) is 47.5 Å². The predicted octanol–water partition coefficient (Wildman–Crippen LogP) is 3.94. The monoisotopic (exact) mass is 257 g/mol. The van der Waals surface area contributed by atoms with Crippen molar-refractivity contribution in [2.45, 2.75) is 20.3 Å². The summed E-state index contributed by atoms with van der Waals surface area (Å²) < 4.78 is 11.2. The first-order chi connectivity index (χ1) is 9.15. The molecule has 0 atom stereocenters. The van der Waals surface area contributed by atoms with Gasteiger partial charge in [-0.15, -0.1) is 0 Å². The third kappa shape index (κ3) is 2.81. The van der Waals surface area contributed by atoms with Gasteiger partial charge in [-0.1, -0.05) is 25.1 Å². The Morgan fingerprint density at radius 2 is 1.84 bits per heavy atom. The molecule has 0 aromatic heterocycles. The maximum atomic E-state index is 6.01. The van der Waals surface area contributed by atoms with Crippen LogP contribution in [0.1, 0.15) is 18.1 Å². The Balaban J connectivity index is 2.35. The van der Waals surface area contributed by atoms with Gasteiger partial charge >= 0.3 is 0 Å². The number of nitrogen functional groups attached to an aromatic ring is 1. The molecule has 2 rings (SSSR count). The van der Waals surface area contributed by atoms with E-state index in [-0.39, 0.29) is 0 Å². The second kappa shape index (κ2) is 5.65. The standard InChI is InChI=1S/C16H19NO2/c1-4-12-8-9-13(15(10-12)18-3)19-14-7-5-6-11(2)16(14)17/h5-10H,4,17H2,1-3H3. The molecule has 3 heteroatoms. The number of hydrogen-bond acceptors (Lipinski definition) is 3. The lowest BCUT2D eigenvalue weighted by Crippen LogP contribution is -1.96. The average Bonchev–Trinajstić information content (AvgIpc) is 2.44. The molecule has 19 heavy (non-hydrogen) atoms. The Bertz CT molecular complexity index is 579. The first-order valence-corrected chi connectivity index (χ1v) is 6.35. The summed E-state index contributed by atoms with van der Waals surface area (Å²) in [6.07, 6.45) is 0.962. The van der Waals surface area contributed by atoms with Crippen molar-refractivity contribution in [1.82, 2.24) is 0 Å². The van der Waals surface area contributed by atoms with Gasteiger partial charge in [0.2, 0.25) is 0 Å². The van der Waals surface area contributed by atoms with Gasteiger partial charge in [-0.3, -0.25) is 0 Å². The SMILES string of the molecule is CCc1ccc(Oc2cccc(C)c2N)c(OC)c1. The molecular weight excluding hydrogens is 238 g/mol. The molecule has 0 amide bonds.